The Morgan fingerprint density at radius 1 is 1.26 bits per heavy atom. The Labute approximate surface area is 179 Å². The van der Waals surface area contributed by atoms with Crippen molar-refractivity contribution in [2.24, 2.45) is 4.99 Å². The van der Waals surface area contributed by atoms with Gasteiger partial charge in [0, 0.05) is 29.4 Å². The molecule has 27 heavy (non-hydrogen) atoms. The lowest BCUT2D eigenvalue weighted by molar-refractivity contribution is 0.184. The van der Waals surface area contributed by atoms with Crippen molar-refractivity contribution in [3.63, 3.8) is 0 Å². The second-order valence-corrected chi connectivity index (χ2v) is 6.73. The van der Waals surface area contributed by atoms with E-state index in [1.54, 1.807) is 30.8 Å². The number of nitrogens with one attached hydrogen (secondary N) is 2. The molecule has 0 amide bonds. The predicted octanol–water partition coefficient (Wildman–Crippen LogP) is 3.19. The summed E-state index contributed by atoms with van der Waals surface area (Å²) < 4.78 is 6.75. The number of hydrogen-bond acceptors (Lipinski definition) is 5. The van der Waals surface area contributed by atoms with Gasteiger partial charge < -0.3 is 20.5 Å². The number of aromatic nitrogens is 1. The van der Waals surface area contributed by atoms with Crippen molar-refractivity contribution in [2.75, 3.05) is 26.7 Å². The first-order valence-electron chi connectivity index (χ1n) is 8.40. The van der Waals surface area contributed by atoms with Crippen LogP contribution in [-0.4, -0.2) is 42.8 Å². The molecule has 3 N–H and O–H groups in total. The number of aliphatic imine (C=N–C) groups is 1. The van der Waals surface area contributed by atoms with Crippen LogP contribution in [0.1, 0.15) is 11.0 Å². The smallest absolute Gasteiger partial charge is 0.191 e. The van der Waals surface area contributed by atoms with E-state index in [-0.39, 0.29) is 24.0 Å². The number of ether oxygens (including phenoxy) is 1. The first-order valence-corrected chi connectivity index (χ1v) is 9.22. The predicted molar refractivity (Wildman–Crippen MR) is 121 cm³/mol. The third kappa shape index (κ3) is 6.33. The number of rotatable bonds is 7. The minimum Gasteiger partial charge on any atom is -0.490 e. The molecular weight excluding hydrogens is 475 g/mol. The summed E-state index contributed by atoms with van der Waals surface area (Å²) in [5.74, 6) is 1.36. The molecule has 6 nitrogen and oxygen atoms in total. The highest BCUT2D eigenvalue weighted by atomic mass is 127. The largest absolute Gasteiger partial charge is 0.490 e. The lowest BCUT2D eigenvalue weighted by Gasteiger charge is -2.14. The number of benzene rings is 1. The third-order valence-electron chi connectivity index (χ3n) is 3.76. The Balaban J connectivity index is 0.00000261. The van der Waals surface area contributed by atoms with E-state index in [0.717, 1.165) is 16.0 Å². The monoisotopic (exact) mass is 498 g/mol. The van der Waals surface area contributed by atoms with Crippen LogP contribution in [-0.2, 0) is 0 Å². The Bertz CT molecular complexity index is 824. The number of halogens is 1. The molecule has 2 heterocycles. The fourth-order valence-electron chi connectivity index (χ4n) is 2.45. The van der Waals surface area contributed by atoms with E-state index in [0.29, 0.717) is 25.7 Å². The van der Waals surface area contributed by atoms with Crippen LogP contribution in [0.5, 0.6) is 5.75 Å². The van der Waals surface area contributed by atoms with E-state index in [1.807, 2.05) is 30.3 Å². The lowest BCUT2D eigenvalue weighted by atomic mass is 10.2. The molecule has 1 atom stereocenters. The van der Waals surface area contributed by atoms with Gasteiger partial charge in [-0.3, -0.25) is 9.98 Å². The summed E-state index contributed by atoms with van der Waals surface area (Å²) in [6, 6.07) is 13.9. The van der Waals surface area contributed by atoms with Crippen LogP contribution in [0.2, 0.25) is 0 Å². The second-order valence-electron chi connectivity index (χ2n) is 5.62. The van der Waals surface area contributed by atoms with Crippen LogP contribution in [0.3, 0.4) is 0 Å². The van der Waals surface area contributed by atoms with Gasteiger partial charge in [0.15, 0.2) is 5.96 Å². The van der Waals surface area contributed by atoms with Gasteiger partial charge in [-0.05, 0) is 29.7 Å². The number of nitrogens with zero attached hydrogens (tertiary/aromatic N) is 2. The summed E-state index contributed by atoms with van der Waals surface area (Å²) in [7, 11) is 1.70. The first-order chi connectivity index (χ1) is 12.8. The Kier molecular flexibility index (Phi) is 8.76. The van der Waals surface area contributed by atoms with Crippen LogP contribution in [0.25, 0.3) is 10.1 Å². The zero-order valence-electron chi connectivity index (χ0n) is 15.0. The van der Waals surface area contributed by atoms with Gasteiger partial charge in [0.25, 0.3) is 0 Å². The van der Waals surface area contributed by atoms with Crippen LogP contribution in [0, 0.1) is 0 Å². The molecule has 144 valence electrons. The Hall–Kier alpha value is -1.91. The molecule has 0 bridgehead atoms. The van der Waals surface area contributed by atoms with E-state index in [2.05, 4.69) is 32.7 Å². The number of thiophene rings is 1. The average Bonchev–Trinajstić information content (AvgIpc) is 3.12. The molecule has 0 aliphatic carbocycles. The van der Waals surface area contributed by atoms with Crippen molar-refractivity contribution >= 4 is 51.4 Å². The molecule has 0 fully saturated rings. The highest BCUT2D eigenvalue weighted by molar-refractivity contribution is 14.0. The maximum atomic E-state index is 10.4. The summed E-state index contributed by atoms with van der Waals surface area (Å²) in [6.45, 7) is 1.47. The molecule has 0 radical (unpaired) electrons. The maximum Gasteiger partial charge on any atom is 0.191 e. The summed E-state index contributed by atoms with van der Waals surface area (Å²) in [5.41, 5.74) is 0. The minimum atomic E-state index is -0.586. The molecule has 0 aliphatic rings. The highest BCUT2D eigenvalue weighted by Crippen LogP contribution is 2.29. The highest BCUT2D eigenvalue weighted by Gasteiger charge is 2.12. The van der Waals surface area contributed by atoms with Gasteiger partial charge in [-0.1, -0.05) is 18.2 Å². The van der Waals surface area contributed by atoms with Crippen LogP contribution < -0.4 is 15.4 Å². The minimum absolute atomic E-state index is 0. The standard InChI is InChI=1S/C19H22N4O2S.HI/c1-20-19(22-9-10-25-15-6-4-8-21-12-15)23-13-16(24)18-11-14-5-2-3-7-17(14)26-18;/h2-8,11-12,16,24H,9-10,13H2,1H3,(H2,20,22,23);1H. The summed E-state index contributed by atoms with van der Waals surface area (Å²) in [6.07, 6.45) is 2.80. The second kappa shape index (κ2) is 11.1. The maximum absolute atomic E-state index is 10.4. The Morgan fingerprint density at radius 2 is 2.11 bits per heavy atom. The van der Waals surface area contributed by atoms with Gasteiger partial charge in [0.2, 0.25) is 0 Å². The van der Waals surface area contributed by atoms with Crippen LogP contribution in [0.4, 0.5) is 0 Å². The Morgan fingerprint density at radius 3 is 2.85 bits per heavy atom. The van der Waals surface area contributed by atoms with E-state index in [9.17, 15) is 5.11 Å². The van der Waals surface area contributed by atoms with Crippen molar-refractivity contribution < 1.29 is 9.84 Å². The molecular formula is C19H23IN4O2S. The average molecular weight is 498 g/mol. The summed E-state index contributed by atoms with van der Waals surface area (Å²) in [5, 5.41) is 17.9. The normalized spacial score (nSPS) is 12.3. The molecule has 0 saturated carbocycles. The van der Waals surface area contributed by atoms with Gasteiger partial charge in [-0.15, -0.1) is 35.3 Å². The van der Waals surface area contributed by atoms with Crippen molar-refractivity contribution in [3.05, 3.63) is 59.7 Å². The number of guanidine groups is 1. The lowest BCUT2D eigenvalue weighted by Crippen LogP contribution is -2.41. The van der Waals surface area contributed by atoms with Gasteiger partial charge in [-0.25, -0.2) is 0 Å². The molecule has 8 heteroatoms. The van der Waals surface area contributed by atoms with E-state index < -0.39 is 6.10 Å². The third-order valence-corrected chi connectivity index (χ3v) is 4.97. The molecule has 3 aromatic rings. The van der Waals surface area contributed by atoms with E-state index in [4.69, 9.17) is 4.74 Å². The molecule has 0 spiro atoms. The molecule has 1 unspecified atom stereocenters. The van der Waals surface area contributed by atoms with Crippen LogP contribution in [0.15, 0.2) is 59.9 Å². The van der Waals surface area contributed by atoms with Gasteiger partial charge in [0.1, 0.15) is 18.5 Å². The fourth-order valence-corrected chi connectivity index (χ4v) is 3.50. The SMILES string of the molecule is CN=C(NCCOc1cccnc1)NCC(O)c1cc2ccccc2s1.I. The molecule has 0 aliphatic heterocycles. The summed E-state index contributed by atoms with van der Waals surface area (Å²) in [4.78, 5) is 9.10. The quantitative estimate of drug-likeness (QED) is 0.202. The number of hydrogen-bond donors (Lipinski definition) is 3. The van der Waals surface area contributed by atoms with Crippen LogP contribution >= 0.6 is 35.3 Å². The van der Waals surface area contributed by atoms with Crippen molar-refractivity contribution in [3.8, 4) is 5.75 Å². The van der Waals surface area contributed by atoms with Gasteiger partial charge in [0.05, 0.1) is 12.7 Å². The van der Waals surface area contributed by atoms with Crippen molar-refractivity contribution in [1.29, 1.82) is 0 Å². The number of fused-ring (bicyclic) bond motifs is 1. The van der Waals surface area contributed by atoms with E-state index >= 15 is 0 Å². The first kappa shape index (κ1) is 21.4. The molecule has 1 aromatic carbocycles. The zero-order valence-corrected chi connectivity index (χ0v) is 18.1. The fraction of sp³-hybridized carbons (Fsp3) is 0.263. The van der Waals surface area contributed by atoms with Gasteiger partial charge in [-0.2, -0.15) is 0 Å². The van der Waals surface area contributed by atoms with E-state index in [1.165, 1.54) is 4.70 Å². The number of aliphatic hydroxyl groups excluding tert-OH is 1. The van der Waals surface area contributed by atoms with Crippen molar-refractivity contribution in [1.82, 2.24) is 15.6 Å². The van der Waals surface area contributed by atoms with Crippen molar-refractivity contribution in [2.45, 2.75) is 6.10 Å². The van der Waals surface area contributed by atoms with Gasteiger partial charge >= 0.3 is 0 Å². The molecule has 3 rings (SSSR count). The molecule has 0 saturated heterocycles. The number of pyridine rings is 1. The topological polar surface area (TPSA) is 78.8 Å². The number of aliphatic hydroxyl groups is 1. The zero-order chi connectivity index (χ0) is 18.2. The summed E-state index contributed by atoms with van der Waals surface area (Å²) >= 11 is 1.61. The molecule has 2 aromatic heterocycles.